The second kappa shape index (κ2) is 6.04. The number of nitrogens with zero attached hydrogens (tertiary/aromatic N) is 2. The lowest BCUT2D eigenvalue weighted by molar-refractivity contribution is -0.385. The molecule has 1 aromatic rings. The van der Waals surface area contributed by atoms with Gasteiger partial charge in [0.25, 0.3) is 11.6 Å². The van der Waals surface area contributed by atoms with Gasteiger partial charge in [-0.05, 0) is 19.8 Å². The monoisotopic (exact) mass is 294 g/mol. The van der Waals surface area contributed by atoms with Crippen molar-refractivity contribution in [3.8, 4) is 0 Å². The lowest BCUT2D eigenvalue weighted by atomic mass is 9.92. The van der Waals surface area contributed by atoms with E-state index in [9.17, 15) is 14.9 Å². The van der Waals surface area contributed by atoms with Gasteiger partial charge in [-0.1, -0.05) is 0 Å². The molecule has 8 nitrogen and oxygen atoms in total. The number of amides is 1. The maximum Gasteiger partial charge on any atom is 0.288 e. The third kappa shape index (κ3) is 3.46. The van der Waals surface area contributed by atoms with Crippen LogP contribution in [0, 0.1) is 10.1 Å². The number of hydrogen-bond donors (Lipinski definition) is 2. The molecule has 0 unspecified atom stereocenters. The van der Waals surface area contributed by atoms with Gasteiger partial charge < -0.3 is 15.4 Å². The SMILES string of the molecule is CNc1ncc([N+](=O)[O-])cc1C(=O)NC1(C)CCOCC1. The number of carbonyl (C=O) groups is 1. The van der Waals surface area contributed by atoms with E-state index in [0.717, 1.165) is 6.20 Å². The van der Waals surface area contributed by atoms with Gasteiger partial charge in [0.2, 0.25) is 0 Å². The lowest BCUT2D eigenvalue weighted by Gasteiger charge is -2.34. The van der Waals surface area contributed by atoms with Crippen LogP contribution >= 0.6 is 0 Å². The van der Waals surface area contributed by atoms with E-state index in [2.05, 4.69) is 15.6 Å². The zero-order valence-corrected chi connectivity index (χ0v) is 12.0. The van der Waals surface area contributed by atoms with Crippen LogP contribution in [0.3, 0.4) is 0 Å². The summed E-state index contributed by atoms with van der Waals surface area (Å²) in [4.78, 5) is 26.6. The minimum atomic E-state index is -0.570. The molecule has 0 saturated carbocycles. The van der Waals surface area contributed by atoms with Crippen LogP contribution in [0.4, 0.5) is 11.5 Å². The molecule has 8 heteroatoms. The summed E-state index contributed by atoms with van der Waals surface area (Å²) in [6.07, 6.45) is 2.53. The Morgan fingerprint density at radius 1 is 1.48 bits per heavy atom. The summed E-state index contributed by atoms with van der Waals surface area (Å²) in [5.74, 6) is -0.0614. The van der Waals surface area contributed by atoms with Crippen molar-refractivity contribution < 1.29 is 14.5 Å². The number of rotatable bonds is 4. The van der Waals surface area contributed by atoms with Gasteiger partial charge in [-0.2, -0.15) is 0 Å². The van der Waals surface area contributed by atoms with E-state index in [0.29, 0.717) is 31.9 Å². The minimum absolute atomic E-state index is 0.166. The third-order valence-electron chi connectivity index (χ3n) is 3.58. The minimum Gasteiger partial charge on any atom is -0.381 e. The largest absolute Gasteiger partial charge is 0.381 e. The third-order valence-corrected chi connectivity index (χ3v) is 3.58. The Kier molecular flexibility index (Phi) is 4.37. The predicted molar refractivity (Wildman–Crippen MR) is 76.4 cm³/mol. The Bertz CT molecular complexity index is 555. The molecule has 0 radical (unpaired) electrons. The van der Waals surface area contributed by atoms with E-state index in [1.54, 1.807) is 7.05 Å². The highest BCUT2D eigenvalue weighted by Crippen LogP contribution is 2.23. The van der Waals surface area contributed by atoms with Crippen molar-refractivity contribution in [3.05, 3.63) is 27.9 Å². The molecule has 21 heavy (non-hydrogen) atoms. The molecule has 1 amide bonds. The first-order chi connectivity index (χ1) is 9.95. The van der Waals surface area contributed by atoms with Gasteiger partial charge in [0.15, 0.2) is 0 Å². The zero-order valence-electron chi connectivity index (χ0n) is 12.0. The molecule has 2 heterocycles. The number of ether oxygens (including phenoxy) is 1. The van der Waals surface area contributed by atoms with E-state index < -0.39 is 4.92 Å². The molecule has 0 atom stereocenters. The fraction of sp³-hybridized carbons (Fsp3) is 0.538. The summed E-state index contributed by atoms with van der Waals surface area (Å²) in [7, 11) is 1.61. The van der Waals surface area contributed by atoms with Crippen molar-refractivity contribution >= 4 is 17.4 Å². The maximum absolute atomic E-state index is 12.4. The van der Waals surface area contributed by atoms with Gasteiger partial charge >= 0.3 is 0 Å². The van der Waals surface area contributed by atoms with Crippen LogP contribution in [-0.2, 0) is 4.74 Å². The van der Waals surface area contributed by atoms with E-state index in [-0.39, 0.29) is 22.7 Å². The predicted octanol–water partition coefficient (Wildman–Crippen LogP) is 1.33. The topological polar surface area (TPSA) is 106 Å². The molecule has 1 aliphatic heterocycles. The molecule has 0 aliphatic carbocycles. The molecule has 1 aliphatic rings. The molecule has 2 N–H and O–H groups in total. The van der Waals surface area contributed by atoms with Crippen LogP contribution < -0.4 is 10.6 Å². The van der Waals surface area contributed by atoms with Crippen molar-refractivity contribution in [2.45, 2.75) is 25.3 Å². The van der Waals surface area contributed by atoms with E-state index >= 15 is 0 Å². The van der Waals surface area contributed by atoms with E-state index in [4.69, 9.17) is 4.74 Å². The van der Waals surface area contributed by atoms with Gasteiger partial charge in [0.1, 0.15) is 12.0 Å². The highest BCUT2D eigenvalue weighted by molar-refractivity contribution is 5.99. The maximum atomic E-state index is 12.4. The van der Waals surface area contributed by atoms with Crippen molar-refractivity contribution in [2.24, 2.45) is 0 Å². The first-order valence-electron chi connectivity index (χ1n) is 6.68. The summed E-state index contributed by atoms with van der Waals surface area (Å²) in [5, 5.41) is 16.5. The van der Waals surface area contributed by atoms with Crippen LogP contribution in [0.1, 0.15) is 30.1 Å². The molecule has 0 bridgehead atoms. The number of carbonyl (C=O) groups excluding carboxylic acids is 1. The van der Waals surface area contributed by atoms with Gasteiger partial charge in [-0.3, -0.25) is 14.9 Å². The lowest BCUT2D eigenvalue weighted by Crippen LogP contribution is -2.49. The number of aromatic nitrogens is 1. The zero-order chi connectivity index (χ0) is 15.5. The highest BCUT2D eigenvalue weighted by atomic mass is 16.6. The molecule has 1 fully saturated rings. The molecule has 114 valence electrons. The summed E-state index contributed by atoms with van der Waals surface area (Å²) >= 11 is 0. The molecular formula is C13H18N4O4. The Hall–Kier alpha value is -2.22. The second-order valence-electron chi connectivity index (χ2n) is 5.22. The van der Waals surface area contributed by atoms with Gasteiger partial charge in [0, 0.05) is 31.9 Å². The van der Waals surface area contributed by atoms with Crippen molar-refractivity contribution in [1.29, 1.82) is 0 Å². The molecule has 1 aromatic heterocycles. The highest BCUT2D eigenvalue weighted by Gasteiger charge is 2.30. The van der Waals surface area contributed by atoms with Crippen molar-refractivity contribution in [3.63, 3.8) is 0 Å². The standard InChI is InChI=1S/C13H18N4O4/c1-13(3-5-21-6-4-13)16-12(18)10-7-9(17(19)20)8-15-11(10)14-2/h7-8H,3-6H2,1-2H3,(H,14,15)(H,16,18). The number of pyridine rings is 1. The number of nitro groups is 1. The van der Waals surface area contributed by atoms with Crippen LogP contribution in [-0.4, -0.2) is 41.6 Å². The molecular weight excluding hydrogens is 276 g/mol. The van der Waals surface area contributed by atoms with Crippen molar-refractivity contribution in [2.75, 3.05) is 25.6 Å². The Balaban J connectivity index is 2.24. The van der Waals surface area contributed by atoms with Gasteiger partial charge in [-0.25, -0.2) is 4.98 Å². The van der Waals surface area contributed by atoms with Gasteiger partial charge in [-0.15, -0.1) is 0 Å². The van der Waals surface area contributed by atoms with Crippen molar-refractivity contribution in [1.82, 2.24) is 10.3 Å². The summed E-state index contributed by atoms with van der Waals surface area (Å²) < 4.78 is 5.28. The fourth-order valence-corrected chi connectivity index (χ4v) is 2.21. The smallest absolute Gasteiger partial charge is 0.288 e. The average Bonchev–Trinajstić information content (AvgIpc) is 2.46. The van der Waals surface area contributed by atoms with Crippen LogP contribution in [0.5, 0.6) is 0 Å². The quantitative estimate of drug-likeness (QED) is 0.641. The molecule has 0 aromatic carbocycles. The van der Waals surface area contributed by atoms with Crippen LogP contribution in [0.25, 0.3) is 0 Å². The second-order valence-corrected chi connectivity index (χ2v) is 5.22. The van der Waals surface area contributed by atoms with Crippen LogP contribution in [0.15, 0.2) is 12.3 Å². The summed E-state index contributed by atoms with van der Waals surface area (Å²) in [6.45, 7) is 3.11. The normalized spacial score (nSPS) is 17.0. The Labute approximate surface area is 122 Å². The summed E-state index contributed by atoms with van der Waals surface area (Å²) in [6, 6.07) is 1.23. The Morgan fingerprint density at radius 3 is 2.71 bits per heavy atom. The average molecular weight is 294 g/mol. The number of anilines is 1. The van der Waals surface area contributed by atoms with Gasteiger partial charge in [0.05, 0.1) is 10.5 Å². The molecule has 0 spiro atoms. The fourth-order valence-electron chi connectivity index (χ4n) is 2.21. The van der Waals surface area contributed by atoms with Crippen LogP contribution in [0.2, 0.25) is 0 Å². The molecule has 2 rings (SSSR count). The van der Waals surface area contributed by atoms with E-state index in [1.807, 2.05) is 6.92 Å². The Morgan fingerprint density at radius 2 is 2.14 bits per heavy atom. The first-order valence-corrected chi connectivity index (χ1v) is 6.68. The molecule has 1 saturated heterocycles. The summed E-state index contributed by atoms with van der Waals surface area (Å²) in [5.41, 5.74) is -0.416. The number of nitrogens with one attached hydrogen (secondary N) is 2. The van der Waals surface area contributed by atoms with E-state index in [1.165, 1.54) is 6.07 Å². The number of hydrogen-bond acceptors (Lipinski definition) is 6. The first kappa shape index (κ1) is 15.2.